The zero-order chi connectivity index (χ0) is 12.1. The average Bonchev–Trinajstić information content (AvgIpc) is 2.36. The lowest BCUT2D eigenvalue weighted by Crippen LogP contribution is -2.59. The van der Waals surface area contributed by atoms with Gasteiger partial charge < -0.3 is 14.8 Å². The van der Waals surface area contributed by atoms with E-state index in [9.17, 15) is 0 Å². The first-order valence-corrected chi connectivity index (χ1v) is 6.29. The fraction of sp³-hybridized carbons (Fsp3) is 0.571. The van der Waals surface area contributed by atoms with Crippen LogP contribution in [0.2, 0.25) is 0 Å². The van der Waals surface area contributed by atoms with Crippen LogP contribution in [0.3, 0.4) is 0 Å². The topological polar surface area (TPSA) is 30.5 Å². The van der Waals surface area contributed by atoms with Gasteiger partial charge in [0.25, 0.3) is 0 Å². The fourth-order valence-corrected chi connectivity index (χ4v) is 2.22. The van der Waals surface area contributed by atoms with E-state index in [1.54, 1.807) is 0 Å². The SMILES string of the molecule is CCOC1C(NC)CC1OCc1ccccc1. The van der Waals surface area contributed by atoms with E-state index in [1.165, 1.54) is 5.56 Å². The smallest absolute Gasteiger partial charge is 0.0990 e. The number of nitrogens with one attached hydrogen (secondary N) is 1. The number of hydrogen-bond acceptors (Lipinski definition) is 3. The maximum absolute atomic E-state index is 5.90. The molecule has 2 rings (SSSR count). The van der Waals surface area contributed by atoms with Crippen molar-refractivity contribution in [2.75, 3.05) is 13.7 Å². The molecule has 1 aliphatic carbocycles. The lowest BCUT2D eigenvalue weighted by Gasteiger charge is -2.43. The molecule has 0 aromatic heterocycles. The third-order valence-electron chi connectivity index (χ3n) is 3.29. The molecule has 94 valence electrons. The number of ether oxygens (including phenoxy) is 2. The first-order chi connectivity index (χ1) is 8.35. The number of likely N-dealkylation sites (N-methyl/N-ethyl adjacent to an activating group) is 1. The maximum atomic E-state index is 5.90. The second-order valence-electron chi connectivity index (χ2n) is 4.39. The minimum Gasteiger partial charge on any atom is -0.374 e. The van der Waals surface area contributed by atoms with Crippen LogP contribution in [0, 0.1) is 0 Å². The molecule has 0 radical (unpaired) electrons. The van der Waals surface area contributed by atoms with E-state index >= 15 is 0 Å². The molecule has 1 aliphatic rings. The zero-order valence-corrected chi connectivity index (χ0v) is 10.6. The van der Waals surface area contributed by atoms with Gasteiger partial charge in [0.05, 0.1) is 18.8 Å². The molecule has 17 heavy (non-hydrogen) atoms. The minimum atomic E-state index is 0.203. The summed E-state index contributed by atoms with van der Waals surface area (Å²) in [6.07, 6.45) is 1.47. The van der Waals surface area contributed by atoms with Crippen LogP contribution in [0.4, 0.5) is 0 Å². The molecule has 0 heterocycles. The Morgan fingerprint density at radius 1 is 1.24 bits per heavy atom. The Hall–Kier alpha value is -0.900. The molecule has 1 saturated carbocycles. The lowest BCUT2D eigenvalue weighted by atomic mass is 9.85. The molecule has 1 aromatic carbocycles. The molecule has 3 nitrogen and oxygen atoms in total. The lowest BCUT2D eigenvalue weighted by molar-refractivity contribution is -0.148. The van der Waals surface area contributed by atoms with Crippen molar-refractivity contribution in [1.82, 2.24) is 5.32 Å². The van der Waals surface area contributed by atoms with Crippen molar-refractivity contribution in [3.05, 3.63) is 35.9 Å². The van der Waals surface area contributed by atoms with Gasteiger partial charge >= 0.3 is 0 Å². The number of rotatable bonds is 6. The molecule has 0 bridgehead atoms. The first kappa shape index (κ1) is 12.6. The molecule has 0 aliphatic heterocycles. The Kier molecular flexibility index (Phi) is 4.54. The second kappa shape index (κ2) is 6.15. The quantitative estimate of drug-likeness (QED) is 0.817. The van der Waals surface area contributed by atoms with Crippen molar-refractivity contribution in [3.63, 3.8) is 0 Å². The first-order valence-electron chi connectivity index (χ1n) is 6.29. The molecule has 0 spiro atoms. The average molecular weight is 235 g/mol. The summed E-state index contributed by atoms with van der Waals surface area (Å²) in [6, 6.07) is 10.7. The van der Waals surface area contributed by atoms with Crippen LogP contribution >= 0.6 is 0 Å². The normalized spacial score (nSPS) is 27.8. The van der Waals surface area contributed by atoms with Crippen molar-refractivity contribution in [2.24, 2.45) is 0 Å². The summed E-state index contributed by atoms with van der Waals surface area (Å²) in [5.74, 6) is 0. The Morgan fingerprint density at radius 2 is 2.00 bits per heavy atom. The predicted octanol–water partition coefficient (Wildman–Crippen LogP) is 1.97. The third-order valence-corrected chi connectivity index (χ3v) is 3.29. The van der Waals surface area contributed by atoms with Crippen molar-refractivity contribution < 1.29 is 9.47 Å². The van der Waals surface area contributed by atoms with E-state index < -0.39 is 0 Å². The van der Waals surface area contributed by atoms with Crippen LogP contribution in [0.15, 0.2) is 30.3 Å². The third kappa shape index (κ3) is 3.06. The highest BCUT2D eigenvalue weighted by Gasteiger charge is 2.41. The Balaban J connectivity index is 1.80. The van der Waals surface area contributed by atoms with Gasteiger partial charge in [-0.05, 0) is 26.0 Å². The van der Waals surface area contributed by atoms with Gasteiger partial charge in [-0.15, -0.1) is 0 Å². The monoisotopic (exact) mass is 235 g/mol. The predicted molar refractivity (Wildman–Crippen MR) is 67.9 cm³/mol. The number of hydrogen-bond donors (Lipinski definition) is 1. The summed E-state index contributed by atoms with van der Waals surface area (Å²) in [6.45, 7) is 3.44. The van der Waals surface area contributed by atoms with Crippen molar-refractivity contribution in [2.45, 2.75) is 38.2 Å². The van der Waals surface area contributed by atoms with E-state index in [0.717, 1.165) is 13.0 Å². The summed E-state index contributed by atoms with van der Waals surface area (Å²) in [5, 5.41) is 3.26. The second-order valence-corrected chi connectivity index (χ2v) is 4.39. The van der Waals surface area contributed by atoms with Crippen molar-refractivity contribution in [3.8, 4) is 0 Å². The largest absolute Gasteiger partial charge is 0.374 e. The highest BCUT2D eigenvalue weighted by atomic mass is 16.5. The molecule has 0 saturated heterocycles. The van der Waals surface area contributed by atoms with Crippen LogP contribution in [-0.4, -0.2) is 31.9 Å². The van der Waals surface area contributed by atoms with Gasteiger partial charge in [0, 0.05) is 12.6 Å². The van der Waals surface area contributed by atoms with Gasteiger partial charge in [0.15, 0.2) is 0 Å². The van der Waals surface area contributed by atoms with Gasteiger partial charge in [-0.3, -0.25) is 0 Å². The van der Waals surface area contributed by atoms with E-state index in [-0.39, 0.29) is 12.2 Å². The molecule has 3 unspecified atom stereocenters. The molecule has 1 fully saturated rings. The van der Waals surface area contributed by atoms with Crippen LogP contribution in [-0.2, 0) is 16.1 Å². The van der Waals surface area contributed by atoms with Gasteiger partial charge in [-0.2, -0.15) is 0 Å². The van der Waals surface area contributed by atoms with Crippen molar-refractivity contribution in [1.29, 1.82) is 0 Å². The van der Waals surface area contributed by atoms with E-state index in [0.29, 0.717) is 12.6 Å². The molecular formula is C14H21NO2. The maximum Gasteiger partial charge on any atom is 0.0990 e. The van der Waals surface area contributed by atoms with Crippen LogP contribution in [0.5, 0.6) is 0 Å². The Morgan fingerprint density at radius 3 is 2.65 bits per heavy atom. The Bertz CT molecular complexity index is 328. The fourth-order valence-electron chi connectivity index (χ4n) is 2.22. The summed E-state index contributed by atoms with van der Waals surface area (Å²) in [7, 11) is 1.98. The van der Waals surface area contributed by atoms with Gasteiger partial charge in [0.1, 0.15) is 0 Å². The highest BCUT2D eigenvalue weighted by Crippen LogP contribution is 2.27. The van der Waals surface area contributed by atoms with Crippen LogP contribution < -0.4 is 5.32 Å². The zero-order valence-electron chi connectivity index (χ0n) is 10.6. The van der Waals surface area contributed by atoms with Crippen molar-refractivity contribution >= 4 is 0 Å². The molecule has 0 amide bonds. The van der Waals surface area contributed by atoms with E-state index in [4.69, 9.17) is 9.47 Å². The summed E-state index contributed by atoms with van der Waals surface area (Å²) in [4.78, 5) is 0. The summed E-state index contributed by atoms with van der Waals surface area (Å²) in [5.41, 5.74) is 1.22. The van der Waals surface area contributed by atoms with Gasteiger partial charge in [0.2, 0.25) is 0 Å². The standard InChI is InChI=1S/C14H21NO2/c1-3-16-14-12(15-2)9-13(14)17-10-11-7-5-4-6-8-11/h4-8,12-15H,3,9-10H2,1-2H3. The number of benzene rings is 1. The molecule has 3 atom stereocenters. The van der Waals surface area contributed by atoms with Crippen LogP contribution in [0.1, 0.15) is 18.9 Å². The Labute approximate surface area is 103 Å². The molecule has 1 N–H and O–H groups in total. The van der Waals surface area contributed by atoms with Gasteiger partial charge in [-0.1, -0.05) is 30.3 Å². The van der Waals surface area contributed by atoms with E-state index in [1.807, 2.05) is 32.2 Å². The van der Waals surface area contributed by atoms with Crippen LogP contribution in [0.25, 0.3) is 0 Å². The molecule has 3 heteroatoms. The highest BCUT2D eigenvalue weighted by molar-refractivity contribution is 5.13. The summed E-state index contributed by atoms with van der Waals surface area (Å²) < 4.78 is 11.6. The molecule has 1 aromatic rings. The van der Waals surface area contributed by atoms with Gasteiger partial charge in [-0.25, -0.2) is 0 Å². The summed E-state index contributed by atoms with van der Waals surface area (Å²) >= 11 is 0. The molecular weight excluding hydrogens is 214 g/mol. The minimum absolute atomic E-state index is 0.203. The van der Waals surface area contributed by atoms with E-state index in [2.05, 4.69) is 17.4 Å².